The van der Waals surface area contributed by atoms with Gasteiger partial charge in [-0.1, -0.05) is 115 Å². The van der Waals surface area contributed by atoms with E-state index in [4.69, 9.17) is 0 Å². The zero-order valence-electron chi connectivity index (χ0n) is 40.1. The molecule has 81 heavy (non-hydrogen) atoms. The summed E-state index contributed by atoms with van der Waals surface area (Å²) < 4.78 is 294. The second-order valence-corrected chi connectivity index (χ2v) is 21.3. The molecule has 23 heteroatoms. The van der Waals surface area contributed by atoms with Gasteiger partial charge in [-0.25, -0.2) is 87.8 Å². The van der Waals surface area contributed by atoms with E-state index in [9.17, 15) is 57.5 Å². The van der Waals surface area contributed by atoms with Crippen LogP contribution in [-0.4, -0.2) is 18.1 Å². The molecule has 0 aliphatic carbocycles. The highest BCUT2D eigenvalue weighted by Gasteiger charge is 2.53. The van der Waals surface area contributed by atoms with Gasteiger partial charge >= 0.3 is 0 Å². The standard InChI is InChI=1S/C34H26OP.C24BF20/c35-33(26-14-4-1-5-15-26)25-36(29-18-6-2-7-19-29,30-20-8-3-9-21-30)34-31-22-12-10-16-27(31)24-28-17-11-13-23-32(28)34;26-5-1(6(27)14(35)21(42)13(5)34)25(2-7(28)15(36)22(43)16(37)8(2)29,3-9(30)17(38)23(44)18(39)10(3)31)4-11(32)19(40)24(45)20(41)12(4)33/h1-24H,25H2;/q+1;-1. The summed E-state index contributed by atoms with van der Waals surface area (Å²) in [6.07, 6.45) is -6.78. The van der Waals surface area contributed by atoms with Crippen molar-refractivity contribution < 1.29 is 92.6 Å². The fourth-order valence-corrected chi connectivity index (χ4v) is 14.8. The number of carbonyl (C=O) groups excluding carboxylic acids is 1. The quantitative estimate of drug-likeness (QED) is 0.0254. The van der Waals surface area contributed by atoms with Crippen molar-refractivity contribution in [2.24, 2.45) is 0 Å². The number of fused-ring (bicyclic) bond motifs is 2. The van der Waals surface area contributed by atoms with Crippen molar-refractivity contribution in [2.45, 2.75) is 0 Å². The first-order valence-corrected chi connectivity index (χ1v) is 25.2. The van der Waals surface area contributed by atoms with Crippen LogP contribution in [0.25, 0.3) is 21.5 Å². The molecule has 0 radical (unpaired) electrons. The van der Waals surface area contributed by atoms with E-state index >= 15 is 35.1 Å². The average molecular weight is 1160 g/mol. The molecule has 0 unspecified atom stereocenters. The molecule has 0 heterocycles. The Morgan fingerprint density at radius 1 is 0.296 bits per heavy atom. The van der Waals surface area contributed by atoms with Crippen molar-refractivity contribution >= 4 is 78.5 Å². The molecule has 0 saturated carbocycles. The fraction of sp³-hybridized carbons (Fsp3) is 0.0172. The minimum absolute atomic E-state index is 0.175. The Morgan fingerprint density at radius 3 is 0.815 bits per heavy atom. The highest BCUT2D eigenvalue weighted by atomic mass is 31.2. The van der Waals surface area contributed by atoms with E-state index < -0.39 is 152 Å². The van der Waals surface area contributed by atoms with Gasteiger partial charge in [0.25, 0.3) is 0 Å². The molecule has 0 atom stereocenters. The van der Waals surface area contributed by atoms with Gasteiger partial charge in [-0.15, -0.1) is 21.9 Å². The molecular weight excluding hydrogens is 1130 g/mol. The first-order valence-electron chi connectivity index (χ1n) is 23.2. The summed E-state index contributed by atoms with van der Waals surface area (Å²) in [7, 11) is -2.42. The Balaban J connectivity index is 0.000000200. The van der Waals surface area contributed by atoms with Crippen LogP contribution >= 0.6 is 7.26 Å². The Bertz CT molecular complexity index is 3690. The van der Waals surface area contributed by atoms with Crippen molar-refractivity contribution in [2.75, 3.05) is 6.16 Å². The Kier molecular flexibility index (Phi) is 15.4. The van der Waals surface area contributed by atoms with Crippen LogP contribution in [0, 0.1) is 116 Å². The van der Waals surface area contributed by atoms with E-state index in [0.717, 1.165) is 5.56 Å². The minimum Gasteiger partial charge on any atom is -0.290 e. The van der Waals surface area contributed by atoms with Gasteiger partial charge in [0.2, 0.25) is 5.78 Å². The minimum atomic E-state index is -7.22. The second-order valence-electron chi connectivity index (χ2n) is 17.9. The van der Waals surface area contributed by atoms with Gasteiger partial charge in [-0.2, -0.15) is 0 Å². The van der Waals surface area contributed by atoms with E-state index in [2.05, 4.69) is 115 Å². The normalized spacial score (nSPS) is 11.8. The van der Waals surface area contributed by atoms with E-state index in [1.807, 2.05) is 30.3 Å². The largest absolute Gasteiger partial charge is 0.290 e. The van der Waals surface area contributed by atoms with Crippen LogP contribution in [0.5, 0.6) is 0 Å². The summed E-state index contributed by atoms with van der Waals surface area (Å²) in [5, 5.41) is 8.59. The number of hydrogen-bond donors (Lipinski definition) is 0. The molecule has 10 aromatic carbocycles. The van der Waals surface area contributed by atoms with Crippen LogP contribution in [0.2, 0.25) is 0 Å². The van der Waals surface area contributed by atoms with Crippen molar-refractivity contribution in [3.8, 4) is 0 Å². The van der Waals surface area contributed by atoms with E-state index in [0.29, 0.717) is 6.16 Å². The van der Waals surface area contributed by atoms with E-state index in [1.165, 1.54) is 37.5 Å². The van der Waals surface area contributed by atoms with Crippen molar-refractivity contribution in [3.63, 3.8) is 0 Å². The van der Waals surface area contributed by atoms with Gasteiger partial charge in [0.05, 0.1) is 0 Å². The average Bonchev–Trinajstić information content (AvgIpc) is 3.55. The number of carbonyl (C=O) groups is 1. The van der Waals surface area contributed by atoms with Crippen LogP contribution in [0.3, 0.4) is 0 Å². The number of Topliss-reactive ketones (excluding diaryl/α,β-unsaturated/α-hetero) is 1. The van der Waals surface area contributed by atoms with Crippen LogP contribution in [-0.2, 0) is 0 Å². The number of halogens is 20. The molecule has 0 amide bonds. The van der Waals surface area contributed by atoms with E-state index in [-0.39, 0.29) is 5.78 Å². The smallest absolute Gasteiger partial charge is 0.201 e. The lowest BCUT2D eigenvalue weighted by Crippen LogP contribution is -2.81. The molecule has 0 saturated heterocycles. The lowest BCUT2D eigenvalue weighted by molar-refractivity contribution is 0.102. The molecule has 412 valence electrons. The summed E-state index contributed by atoms with van der Waals surface area (Å²) in [4.78, 5) is 14.1. The maximum absolute atomic E-state index is 15.4. The summed E-state index contributed by atoms with van der Waals surface area (Å²) >= 11 is 0. The number of rotatable bonds is 10. The third kappa shape index (κ3) is 8.94. The van der Waals surface area contributed by atoms with Gasteiger partial charge in [-0.05, 0) is 41.1 Å². The van der Waals surface area contributed by atoms with Gasteiger partial charge in [0.15, 0.2) is 69.8 Å². The van der Waals surface area contributed by atoms with Gasteiger partial charge in [0.1, 0.15) is 82.0 Å². The third-order valence-corrected chi connectivity index (χ3v) is 18.1. The number of ketones is 1. The van der Waals surface area contributed by atoms with Gasteiger partial charge in [0, 0.05) is 16.3 Å². The maximum atomic E-state index is 15.4. The lowest BCUT2D eigenvalue weighted by atomic mass is 9.12. The molecular formula is C58H26BF20OP. The highest BCUT2D eigenvalue weighted by molar-refractivity contribution is 7.97. The molecule has 10 aromatic rings. The van der Waals surface area contributed by atoms with Crippen molar-refractivity contribution in [1.29, 1.82) is 0 Å². The number of benzene rings is 10. The molecule has 0 aromatic heterocycles. The summed E-state index contributed by atoms with van der Waals surface area (Å²) in [5.41, 5.74) is -13.6. The lowest BCUT2D eigenvalue weighted by Gasteiger charge is -2.44. The maximum Gasteiger partial charge on any atom is 0.201 e. The fourth-order valence-electron chi connectivity index (χ4n) is 10.2. The Morgan fingerprint density at radius 2 is 0.531 bits per heavy atom. The number of hydrogen-bond acceptors (Lipinski definition) is 1. The zero-order chi connectivity index (χ0) is 58.7. The van der Waals surface area contributed by atoms with Crippen LogP contribution in [0.4, 0.5) is 87.8 Å². The third-order valence-electron chi connectivity index (χ3n) is 13.7. The molecule has 0 N–H and O–H groups in total. The predicted octanol–water partition coefficient (Wildman–Crippen LogP) is 13.0. The monoisotopic (exact) mass is 1160 g/mol. The zero-order valence-corrected chi connectivity index (χ0v) is 41.0. The van der Waals surface area contributed by atoms with E-state index in [1.54, 1.807) is 0 Å². The second kappa shape index (κ2) is 21.9. The summed E-state index contributed by atoms with van der Waals surface area (Å²) in [6.45, 7) is 0. The first kappa shape index (κ1) is 57.2. The highest BCUT2D eigenvalue weighted by Crippen LogP contribution is 2.58. The van der Waals surface area contributed by atoms with Gasteiger partial charge in [-0.3, -0.25) is 4.79 Å². The van der Waals surface area contributed by atoms with Crippen LogP contribution in [0.15, 0.2) is 146 Å². The van der Waals surface area contributed by atoms with Crippen molar-refractivity contribution in [1.82, 2.24) is 0 Å². The first-order chi connectivity index (χ1) is 38.5. The van der Waals surface area contributed by atoms with Gasteiger partial charge < -0.3 is 0 Å². The van der Waals surface area contributed by atoms with Crippen molar-refractivity contribution in [3.05, 3.63) is 268 Å². The Labute approximate surface area is 443 Å². The molecule has 0 aliphatic heterocycles. The molecule has 10 rings (SSSR count). The molecule has 1 nitrogen and oxygen atoms in total. The Hall–Kier alpha value is -8.52. The summed E-state index contributed by atoms with van der Waals surface area (Å²) in [5.74, 6) is -71.2. The predicted molar refractivity (Wildman–Crippen MR) is 265 cm³/mol. The molecule has 0 bridgehead atoms. The SMILES string of the molecule is Fc1c(F)c(F)c([B-](c2c(F)c(F)c(F)c(F)c2F)(c2c(F)c(F)c(F)c(F)c2F)c2c(F)c(F)c(F)c(F)c2F)c(F)c1F.O=C(C[P+](c1ccccc1)(c1ccccc1)c1c2ccccc2cc2ccccc12)c1ccccc1. The molecule has 0 fully saturated rings. The molecule has 0 aliphatic rings. The van der Waals surface area contributed by atoms with Crippen LogP contribution in [0.1, 0.15) is 10.4 Å². The topological polar surface area (TPSA) is 17.1 Å². The molecule has 0 spiro atoms. The van der Waals surface area contributed by atoms with Crippen LogP contribution < -0.4 is 37.8 Å². The summed E-state index contributed by atoms with van der Waals surface area (Å²) in [6, 6.07) is 50.7.